The highest BCUT2D eigenvalue weighted by atomic mass is 19.1. The molecule has 0 aliphatic carbocycles. The number of rotatable bonds is 5. The molecule has 0 saturated heterocycles. The Labute approximate surface area is 117 Å². The average Bonchev–Trinajstić information content (AvgIpc) is 2.45. The Morgan fingerprint density at radius 3 is 2.50 bits per heavy atom. The summed E-state index contributed by atoms with van der Waals surface area (Å²) in [4.78, 5) is 24.5. The van der Waals surface area contributed by atoms with Crippen molar-refractivity contribution in [3.8, 4) is 0 Å². The van der Waals surface area contributed by atoms with E-state index in [1.165, 1.54) is 30.2 Å². The summed E-state index contributed by atoms with van der Waals surface area (Å²) in [5.41, 5.74) is 0.731. The molecule has 0 saturated carbocycles. The van der Waals surface area contributed by atoms with Gasteiger partial charge in [-0.15, -0.1) is 0 Å². The van der Waals surface area contributed by atoms with Gasteiger partial charge in [-0.05, 0) is 23.8 Å². The maximum absolute atomic E-state index is 12.7. The Morgan fingerprint density at radius 1 is 1.35 bits per heavy atom. The van der Waals surface area contributed by atoms with E-state index in [1.807, 2.05) is 0 Å². The van der Waals surface area contributed by atoms with Crippen LogP contribution in [0.1, 0.15) is 12.5 Å². The van der Waals surface area contributed by atoms with E-state index in [0.29, 0.717) is 0 Å². The second-order valence-electron chi connectivity index (χ2n) is 4.53. The van der Waals surface area contributed by atoms with Gasteiger partial charge in [-0.1, -0.05) is 19.1 Å². The predicted molar refractivity (Wildman–Crippen MR) is 74.3 cm³/mol. The van der Waals surface area contributed by atoms with Crippen molar-refractivity contribution in [2.45, 2.75) is 6.92 Å². The fraction of sp³-hybridized carbons (Fsp3) is 0.333. The van der Waals surface area contributed by atoms with Crippen LogP contribution in [0.2, 0.25) is 0 Å². The predicted octanol–water partition coefficient (Wildman–Crippen LogP) is 2.11. The Morgan fingerprint density at radius 2 is 1.95 bits per heavy atom. The lowest BCUT2D eigenvalue weighted by Gasteiger charge is -2.18. The summed E-state index contributed by atoms with van der Waals surface area (Å²) in [6.45, 7) is 1.97. The van der Waals surface area contributed by atoms with Crippen LogP contribution in [0.3, 0.4) is 0 Å². The van der Waals surface area contributed by atoms with Gasteiger partial charge in [0, 0.05) is 19.7 Å². The monoisotopic (exact) mass is 279 g/mol. The second kappa shape index (κ2) is 7.43. The first-order valence-corrected chi connectivity index (χ1v) is 6.20. The molecule has 1 aromatic carbocycles. The zero-order valence-corrected chi connectivity index (χ0v) is 11.8. The molecule has 0 N–H and O–H groups in total. The minimum atomic E-state index is -0.381. The largest absolute Gasteiger partial charge is 0.469 e. The molecule has 1 atom stereocenters. The second-order valence-corrected chi connectivity index (χ2v) is 4.53. The number of hydrogen-bond acceptors (Lipinski definition) is 3. The Balaban J connectivity index is 2.57. The lowest BCUT2D eigenvalue weighted by molar-refractivity contribution is -0.145. The van der Waals surface area contributed by atoms with Crippen molar-refractivity contribution in [3.05, 3.63) is 41.7 Å². The minimum Gasteiger partial charge on any atom is -0.469 e. The molecule has 1 rings (SSSR count). The third kappa shape index (κ3) is 4.84. The minimum absolute atomic E-state index is 0.231. The van der Waals surface area contributed by atoms with E-state index in [2.05, 4.69) is 4.74 Å². The third-order valence-corrected chi connectivity index (χ3v) is 2.82. The molecule has 0 fully saturated rings. The number of likely N-dealkylation sites (N-methyl/N-ethyl adjacent to an activating group) is 1. The zero-order chi connectivity index (χ0) is 15.1. The van der Waals surface area contributed by atoms with Crippen LogP contribution >= 0.6 is 0 Å². The molecule has 1 unspecified atom stereocenters. The van der Waals surface area contributed by atoms with Gasteiger partial charge in [0.25, 0.3) is 0 Å². The number of methoxy groups -OCH3 is 1. The van der Waals surface area contributed by atoms with Crippen LogP contribution in [0.4, 0.5) is 4.39 Å². The molecule has 0 spiro atoms. The molecule has 0 aromatic heterocycles. The van der Waals surface area contributed by atoms with E-state index in [4.69, 9.17) is 0 Å². The molecule has 5 heteroatoms. The van der Waals surface area contributed by atoms with Crippen molar-refractivity contribution < 1.29 is 18.7 Å². The zero-order valence-electron chi connectivity index (χ0n) is 11.8. The van der Waals surface area contributed by atoms with Crippen molar-refractivity contribution >= 4 is 18.0 Å². The van der Waals surface area contributed by atoms with Crippen LogP contribution in [-0.4, -0.2) is 37.5 Å². The van der Waals surface area contributed by atoms with Gasteiger partial charge in [-0.3, -0.25) is 9.59 Å². The first-order chi connectivity index (χ1) is 9.43. The Hall–Kier alpha value is -2.17. The molecular formula is C15H18FNO3. The molecule has 0 aliphatic rings. The molecule has 0 bridgehead atoms. The molecule has 0 aliphatic heterocycles. The third-order valence-electron chi connectivity index (χ3n) is 2.82. The van der Waals surface area contributed by atoms with Crippen LogP contribution in [0.25, 0.3) is 6.08 Å². The number of halogens is 1. The number of nitrogens with zero attached hydrogens (tertiary/aromatic N) is 1. The van der Waals surface area contributed by atoms with Crippen LogP contribution in [0, 0.1) is 11.7 Å². The summed E-state index contributed by atoms with van der Waals surface area (Å²) in [5.74, 6) is -1.29. The van der Waals surface area contributed by atoms with Crippen LogP contribution < -0.4 is 0 Å². The number of hydrogen-bond donors (Lipinski definition) is 0. The molecule has 4 nitrogen and oxygen atoms in total. The van der Waals surface area contributed by atoms with Gasteiger partial charge < -0.3 is 9.64 Å². The summed E-state index contributed by atoms with van der Waals surface area (Å²) in [6, 6.07) is 5.81. The summed E-state index contributed by atoms with van der Waals surface area (Å²) in [6.07, 6.45) is 2.98. The van der Waals surface area contributed by atoms with E-state index >= 15 is 0 Å². The average molecular weight is 279 g/mol. The van der Waals surface area contributed by atoms with E-state index in [9.17, 15) is 14.0 Å². The number of benzene rings is 1. The van der Waals surface area contributed by atoms with E-state index < -0.39 is 0 Å². The summed E-state index contributed by atoms with van der Waals surface area (Å²) >= 11 is 0. The normalized spacial score (nSPS) is 12.2. The smallest absolute Gasteiger partial charge is 0.310 e. The number of carbonyl (C=O) groups is 2. The number of carbonyl (C=O) groups excluding carboxylic acids is 2. The van der Waals surface area contributed by atoms with Crippen molar-refractivity contribution in [1.82, 2.24) is 4.90 Å². The highest BCUT2D eigenvalue weighted by molar-refractivity contribution is 5.91. The maximum Gasteiger partial charge on any atom is 0.310 e. The standard InChI is InChI=1S/C15H18FNO3/c1-11(15(19)20-3)10-17(2)14(18)9-6-12-4-7-13(16)8-5-12/h4-9,11H,10H2,1-3H3. The van der Waals surface area contributed by atoms with Gasteiger partial charge in [0.1, 0.15) is 5.82 Å². The van der Waals surface area contributed by atoms with Gasteiger partial charge in [0.15, 0.2) is 0 Å². The molecule has 1 amide bonds. The van der Waals surface area contributed by atoms with Gasteiger partial charge in [-0.25, -0.2) is 4.39 Å². The molecule has 1 aromatic rings. The van der Waals surface area contributed by atoms with Crippen molar-refractivity contribution in [1.29, 1.82) is 0 Å². The number of amides is 1. The fourth-order valence-electron chi connectivity index (χ4n) is 1.65. The van der Waals surface area contributed by atoms with Gasteiger partial charge >= 0.3 is 5.97 Å². The van der Waals surface area contributed by atoms with Crippen molar-refractivity contribution in [2.24, 2.45) is 5.92 Å². The van der Waals surface area contributed by atoms with E-state index in [-0.39, 0.29) is 30.2 Å². The first-order valence-electron chi connectivity index (χ1n) is 6.20. The summed E-state index contributed by atoms with van der Waals surface area (Å²) in [7, 11) is 2.92. The van der Waals surface area contributed by atoms with Crippen LogP contribution in [0.15, 0.2) is 30.3 Å². The molecule has 20 heavy (non-hydrogen) atoms. The molecule has 0 heterocycles. The van der Waals surface area contributed by atoms with Gasteiger partial charge in [-0.2, -0.15) is 0 Å². The Kier molecular flexibility index (Phi) is 5.90. The highest BCUT2D eigenvalue weighted by Gasteiger charge is 2.17. The van der Waals surface area contributed by atoms with Gasteiger partial charge in [0.2, 0.25) is 5.91 Å². The van der Waals surface area contributed by atoms with Crippen molar-refractivity contribution in [3.63, 3.8) is 0 Å². The number of esters is 1. The lowest BCUT2D eigenvalue weighted by Crippen LogP contribution is -2.33. The number of ether oxygens (including phenoxy) is 1. The molecule has 0 radical (unpaired) electrons. The fourth-order valence-corrected chi connectivity index (χ4v) is 1.65. The lowest BCUT2D eigenvalue weighted by atomic mass is 10.1. The molecular weight excluding hydrogens is 261 g/mol. The van der Waals surface area contributed by atoms with E-state index in [1.54, 1.807) is 32.2 Å². The van der Waals surface area contributed by atoms with Crippen molar-refractivity contribution in [2.75, 3.05) is 20.7 Å². The first kappa shape index (κ1) is 15.9. The molecule has 108 valence electrons. The Bertz CT molecular complexity index is 496. The van der Waals surface area contributed by atoms with E-state index in [0.717, 1.165) is 5.56 Å². The summed E-state index contributed by atoms with van der Waals surface area (Å²) in [5, 5.41) is 0. The van der Waals surface area contributed by atoms with Crippen LogP contribution in [-0.2, 0) is 14.3 Å². The quantitative estimate of drug-likeness (QED) is 0.612. The topological polar surface area (TPSA) is 46.6 Å². The van der Waals surface area contributed by atoms with Crippen LogP contribution in [0.5, 0.6) is 0 Å². The highest BCUT2D eigenvalue weighted by Crippen LogP contribution is 2.06. The van der Waals surface area contributed by atoms with Gasteiger partial charge in [0.05, 0.1) is 13.0 Å². The summed E-state index contributed by atoms with van der Waals surface area (Å²) < 4.78 is 17.3. The maximum atomic E-state index is 12.7. The SMILES string of the molecule is COC(=O)C(C)CN(C)C(=O)C=Cc1ccc(F)cc1.